The predicted octanol–water partition coefficient (Wildman–Crippen LogP) is 1.10. The molecule has 0 heterocycles. The van der Waals surface area contributed by atoms with Gasteiger partial charge >= 0.3 is 6.09 Å². The Labute approximate surface area is 91.3 Å². The van der Waals surface area contributed by atoms with Gasteiger partial charge in [-0.05, 0) is 12.1 Å². The van der Waals surface area contributed by atoms with Crippen LogP contribution in [-0.2, 0) is 4.74 Å². The second kappa shape index (κ2) is 5.66. The Morgan fingerprint density at radius 3 is 2.56 bits per heavy atom. The Balaban J connectivity index is 2.55. The molecule has 0 bridgehead atoms. The number of anilines is 1. The average molecular weight is 225 g/mol. The van der Waals surface area contributed by atoms with Crippen molar-refractivity contribution in [3.63, 3.8) is 0 Å². The van der Waals surface area contributed by atoms with Crippen LogP contribution >= 0.6 is 0 Å². The normalized spacial score (nSPS) is 9.56. The van der Waals surface area contributed by atoms with Gasteiger partial charge in [0.05, 0.1) is 4.92 Å². The van der Waals surface area contributed by atoms with Crippen LogP contribution in [0.25, 0.3) is 0 Å². The number of hydrogen-bond acceptors (Lipinski definition) is 5. The molecule has 1 aromatic rings. The summed E-state index contributed by atoms with van der Waals surface area (Å²) in [7, 11) is 0. The van der Waals surface area contributed by atoms with Gasteiger partial charge in [-0.2, -0.15) is 0 Å². The monoisotopic (exact) mass is 225 g/mol. The molecule has 0 aliphatic heterocycles. The highest BCUT2D eigenvalue weighted by atomic mass is 16.6. The lowest BCUT2D eigenvalue weighted by atomic mass is 10.3. The molecule has 7 heteroatoms. The van der Waals surface area contributed by atoms with Crippen LogP contribution in [0.2, 0.25) is 0 Å². The van der Waals surface area contributed by atoms with Crippen LogP contribution in [-0.4, -0.2) is 24.2 Å². The summed E-state index contributed by atoms with van der Waals surface area (Å²) in [6, 6.07) is 5.42. The summed E-state index contributed by atoms with van der Waals surface area (Å²) >= 11 is 0. The Hall–Kier alpha value is -2.15. The molecule has 1 amide bonds. The van der Waals surface area contributed by atoms with Gasteiger partial charge < -0.3 is 10.5 Å². The zero-order valence-corrected chi connectivity index (χ0v) is 8.38. The van der Waals surface area contributed by atoms with Crippen molar-refractivity contribution in [1.82, 2.24) is 0 Å². The molecule has 0 radical (unpaired) electrons. The molecule has 0 aliphatic carbocycles. The van der Waals surface area contributed by atoms with Crippen LogP contribution in [0.4, 0.5) is 16.2 Å². The molecule has 0 saturated carbocycles. The molecule has 0 unspecified atom stereocenters. The van der Waals surface area contributed by atoms with Crippen LogP contribution in [0.5, 0.6) is 0 Å². The number of nitrogens with two attached hydrogens (primary N) is 1. The van der Waals surface area contributed by atoms with E-state index in [0.717, 1.165) is 0 Å². The van der Waals surface area contributed by atoms with Crippen molar-refractivity contribution in [1.29, 1.82) is 0 Å². The Morgan fingerprint density at radius 2 is 2.06 bits per heavy atom. The van der Waals surface area contributed by atoms with Crippen LogP contribution in [0.15, 0.2) is 24.3 Å². The average Bonchev–Trinajstić information content (AvgIpc) is 2.27. The highest BCUT2D eigenvalue weighted by molar-refractivity contribution is 5.84. The van der Waals surface area contributed by atoms with Crippen molar-refractivity contribution in [3.8, 4) is 0 Å². The summed E-state index contributed by atoms with van der Waals surface area (Å²) in [5.41, 5.74) is 5.53. The first-order chi connectivity index (χ1) is 7.63. The third-order valence-corrected chi connectivity index (χ3v) is 1.68. The van der Waals surface area contributed by atoms with E-state index in [4.69, 9.17) is 5.73 Å². The topological polar surface area (TPSA) is 107 Å². The quantitative estimate of drug-likeness (QED) is 0.589. The summed E-state index contributed by atoms with van der Waals surface area (Å²) in [6.07, 6.45) is -0.640. The molecule has 16 heavy (non-hydrogen) atoms. The van der Waals surface area contributed by atoms with Gasteiger partial charge in [0, 0.05) is 24.4 Å². The maximum atomic E-state index is 11.1. The summed E-state index contributed by atoms with van der Waals surface area (Å²) in [5.74, 6) is 0. The highest BCUT2D eigenvalue weighted by Crippen LogP contribution is 2.15. The number of carbonyl (C=O) groups excluding carboxylic acids is 1. The fourth-order valence-corrected chi connectivity index (χ4v) is 0.972. The summed E-state index contributed by atoms with van der Waals surface area (Å²) in [6.45, 7) is 0.368. The Morgan fingerprint density at radius 1 is 1.44 bits per heavy atom. The number of non-ortho nitro benzene ring substituents is 1. The molecule has 1 rings (SSSR count). The van der Waals surface area contributed by atoms with Gasteiger partial charge in [-0.15, -0.1) is 0 Å². The SMILES string of the molecule is NCCOC(=O)Nc1ccc([N+](=O)[O-])cc1. The van der Waals surface area contributed by atoms with Gasteiger partial charge in [0.1, 0.15) is 6.61 Å². The number of carbonyl (C=O) groups is 1. The highest BCUT2D eigenvalue weighted by Gasteiger charge is 2.06. The molecule has 7 nitrogen and oxygen atoms in total. The molecule has 0 fully saturated rings. The number of nitrogens with one attached hydrogen (secondary N) is 1. The van der Waals surface area contributed by atoms with Crippen LogP contribution < -0.4 is 11.1 Å². The molecule has 0 aromatic heterocycles. The molecule has 0 spiro atoms. The van der Waals surface area contributed by atoms with Gasteiger partial charge in [-0.1, -0.05) is 0 Å². The van der Waals surface area contributed by atoms with Crippen molar-refractivity contribution < 1.29 is 14.5 Å². The lowest BCUT2D eigenvalue weighted by Crippen LogP contribution is -2.18. The number of nitrogens with zero attached hydrogens (tertiary/aromatic N) is 1. The van der Waals surface area contributed by atoms with E-state index in [2.05, 4.69) is 10.1 Å². The minimum Gasteiger partial charge on any atom is -0.448 e. The first-order valence-corrected chi connectivity index (χ1v) is 4.52. The van der Waals surface area contributed by atoms with Gasteiger partial charge in [0.15, 0.2) is 0 Å². The smallest absolute Gasteiger partial charge is 0.411 e. The second-order valence-electron chi connectivity index (χ2n) is 2.85. The van der Waals surface area contributed by atoms with Crippen molar-refractivity contribution >= 4 is 17.5 Å². The number of hydrogen-bond donors (Lipinski definition) is 2. The van der Waals surface area contributed by atoms with E-state index in [0.29, 0.717) is 5.69 Å². The number of nitro benzene ring substituents is 1. The Bertz CT molecular complexity index is 377. The molecule has 0 aliphatic rings. The van der Waals surface area contributed by atoms with Gasteiger partial charge in [0.2, 0.25) is 0 Å². The largest absolute Gasteiger partial charge is 0.448 e. The van der Waals surface area contributed by atoms with E-state index in [1.165, 1.54) is 24.3 Å². The van der Waals surface area contributed by atoms with Crippen molar-refractivity contribution in [3.05, 3.63) is 34.4 Å². The molecular weight excluding hydrogens is 214 g/mol. The summed E-state index contributed by atoms with van der Waals surface area (Å²) in [5, 5.41) is 12.8. The number of nitro groups is 1. The van der Waals surface area contributed by atoms with Crippen LogP contribution in [0.3, 0.4) is 0 Å². The minimum absolute atomic E-state index is 0.0409. The molecule has 0 saturated heterocycles. The molecule has 86 valence electrons. The first-order valence-electron chi connectivity index (χ1n) is 4.52. The minimum atomic E-state index is -0.640. The van der Waals surface area contributed by atoms with Crippen molar-refractivity contribution in [2.24, 2.45) is 5.73 Å². The fraction of sp³-hybridized carbons (Fsp3) is 0.222. The lowest BCUT2D eigenvalue weighted by molar-refractivity contribution is -0.384. The number of amides is 1. The molecule has 0 atom stereocenters. The first kappa shape index (κ1) is 11.9. The van der Waals surface area contributed by atoms with E-state index in [9.17, 15) is 14.9 Å². The second-order valence-corrected chi connectivity index (χ2v) is 2.85. The van der Waals surface area contributed by atoms with Crippen molar-refractivity contribution in [2.75, 3.05) is 18.5 Å². The summed E-state index contributed by atoms with van der Waals surface area (Å²) in [4.78, 5) is 20.9. The van der Waals surface area contributed by atoms with Crippen LogP contribution in [0.1, 0.15) is 0 Å². The Kier molecular flexibility index (Phi) is 4.22. The third kappa shape index (κ3) is 3.54. The maximum absolute atomic E-state index is 11.1. The zero-order chi connectivity index (χ0) is 12.0. The number of ether oxygens (including phenoxy) is 1. The predicted molar refractivity (Wildman–Crippen MR) is 57.1 cm³/mol. The summed E-state index contributed by atoms with van der Waals surface area (Å²) < 4.78 is 4.66. The van der Waals surface area contributed by atoms with E-state index in [1.807, 2.05) is 0 Å². The molecule has 3 N–H and O–H groups in total. The molecular formula is C9H11N3O4. The number of rotatable bonds is 4. The van der Waals surface area contributed by atoms with Crippen LogP contribution in [0, 0.1) is 10.1 Å². The molecule has 1 aromatic carbocycles. The van der Waals surface area contributed by atoms with Gasteiger partial charge in [-0.25, -0.2) is 4.79 Å². The van der Waals surface area contributed by atoms with Gasteiger partial charge in [0.25, 0.3) is 5.69 Å². The van der Waals surface area contributed by atoms with Gasteiger partial charge in [-0.3, -0.25) is 15.4 Å². The van der Waals surface area contributed by atoms with E-state index in [-0.39, 0.29) is 18.8 Å². The standard InChI is InChI=1S/C9H11N3O4/c10-5-6-16-9(13)11-7-1-3-8(4-2-7)12(14)15/h1-4H,5-6,10H2,(H,11,13). The van der Waals surface area contributed by atoms with Crippen molar-refractivity contribution in [2.45, 2.75) is 0 Å². The van der Waals surface area contributed by atoms with E-state index in [1.54, 1.807) is 0 Å². The maximum Gasteiger partial charge on any atom is 0.411 e. The van der Waals surface area contributed by atoms with E-state index < -0.39 is 11.0 Å². The lowest BCUT2D eigenvalue weighted by Gasteiger charge is -2.05. The zero-order valence-electron chi connectivity index (χ0n) is 8.38. The fourth-order valence-electron chi connectivity index (χ4n) is 0.972. The third-order valence-electron chi connectivity index (χ3n) is 1.68. The van der Waals surface area contributed by atoms with E-state index >= 15 is 0 Å². The number of benzene rings is 1.